The number of hydrogen-bond donors (Lipinski definition) is 1. The highest BCUT2D eigenvalue weighted by atomic mass is 32.2. The molecule has 2 aromatic heterocycles. The lowest BCUT2D eigenvalue weighted by molar-refractivity contribution is -0.126. The van der Waals surface area contributed by atoms with E-state index in [-0.39, 0.29) is 17.9 Å². The van der Waals surface area contributed by atoms with Crippen molar-refractivity contribution in [2.45, 2.75) is 42.9 Å². The summed E-state index contributed by atoms with van der Waals surface area (Å²) in [4.78, 5) is 14.3. The Morgan fingerprint density at radius 3 is 2.34 bits per heavy atom. The summed E-state index contributed by atoms with van der Waals surface area (Å²) in [6.07, 6.45) is 3.21. The zero-order valence-corrected chi connectivity index (χ0v) is 20.5. The first-order chi connectivity index (χ1) is 15.5. The van der Waals surface area contributed by atoms with E-state index in [4.69, 9.17) is 0 Å². The average Bonchev–Trinajstić information content (AvgIpc) is 3.53. The molecule has 1 aliphatic rings. The van der Waals surface area contributed by atoms with Gasteiger partial charge in [0.05, 0.1) is 6.04 Å². The number of nitrogens with zero attached hydrogens (tertiary/aromatic N) is 1. The van der Waals surface area contributed by atoms with Crippen LogP contribution in [0.25, 0.3) is 0 Å². The number of sulfonamides is 1. The number of amides is 1. The standard InChI is InChI=1S/C24H28N2O3S3/c1-2-5-18-8-10-19(11-9-18)23(21-6-3-16-30-21)25-24(27)20-12-14-26(15-13-20)32(28,29)22-7-4-17-31-22/h3-4,6-11,16-17,20,23H,2,5,12-15H2,1H3,(H,25,27). The summed E-state index contributed by atoms with van der Waals surface area (Å²) in [5.74, 6) is -0.194. The summed E-state index contributed by atoms with van der Waals surface area (Å²) in [5.41, 5.74) is 2.37. The van der Waals surface area contributed by atoms with Crippen molar-refractivity contribution in [1.82, 2.24) is 9.62 Å². The molecule has 3 aromatic rings. The maximum absolute atomic E-state index is 13.2. The third kappa shape index (κ3) is 5.14. The maximum atomic E-state index is 13.2. The van der Waals surface area contributed by atoms with Gasteiger partial charge in [0.2, 0.25) is 5.91 Å². The van der Waals surface area contributed by atoms with E-state index in [9.17, 15) is 13.2 Å². The number of carbonyl (C=O) groups excluding carboxylic acids is 1. The lowest BCUT2D eigenvalue weighted by Gasteiger charge is -2.31. The molecule has 0 radical (unpaired) electrons. The lowest BCUT2D eigenvalue weighted by atomic mass is 9.95. The van der Waals surface area contributed by atoms with Gasteiger partial charge in [-0.1, -0.05) is 49.7 Å². The molecule has 4 rings (SSSR count). The smallest absolute Gasteiger partial charge is 0.252 e. The number of nitrogens with one attached hydrogen (secondary N) is 1. The Morgan fingerprint density at radius 1 is 1.06 bits per heavy atom. The van der Waals surface area contributed by atoms with E-state index < -0.39 is 10.0 Å². The van der Waals surface area contributed by atoms with E-state index in [0.29, 0.717) is 30.1 Å². The number of benzene rings is 1. The zero-order valence-electron chi connectivity index (χ0n) is 18.1. The highest BCUT2D eigenvalue weighted by Crippen LogP contribution is 2.30. The minimum absolute atomic E-state index is 0.00536. The molecule has 0 bridgehead atoms. The van der Waals surface area contributed by atoms with Gasteiger partial charge in [0.1, 0.15) is 4.21 Å². The van der Waals surface area contributed by atoms with E-state index in [1.54, 1.807) is 28.8 Å². The topological polar surface area (TPSA) is 66.5 Å². The number of hydrogen-bond acceptors (Lipinski definition) is 5. The molecule has 32 heavy (non-hydrogen) atoms. The summed E-state index contributed by atoms with van der Waals surface area (Å²) in [6, 6.07) is 15.7. The molecule has 1 fully saturated rings. The van der Waals surface area contributed by atoms with E-state index in [1.165, 1.54) is 21.2 Å². The quantitative estimate of drug-likeness (QED) is 0.481. The Balaban J connectivity index is 1.43. The largest absolute Gasteiger partial charge is 0.344 e. The summed E-state index contributed by atoms with van der Waals surface area (Å²) < 4.78 is 27.4. The van der Waals surface area contributed by atoms with Crippen LogP contribution >= 0.6 is 22.7 Å². The molecule has 1 saturated heterocycles. The van der Waals surface area contributed by atoms with Crippen LogP contribution in [0.15, 0.2) is 63.5 Å². The maximum Gasteiger partial charge on any atom is 0.252 e. The van der Waals surface area contributed by atoms with Gasteiger partial charge in [-0.2, -0.15) is 4.31 Å². The monoisotopic (exact) mass is 488 g/mol. The molecule has 1 unspecified atom stereocenters. The molecule has 0 aliphatic carbocycles. The van der Waals surface area contributed by atoms with Crippen LogP contribution in [0.3, 0.4) is 0 Å². The molecular formula is C24H28N2O3S3. The van der Waals surface area contributed by atoms with Crippen molar-refractivity contribution < 1.29 is 13.2 Å². The van der Waals surface area contributed by atoms with Crippen molar-refractivity contribution in [3.05, 3.63) is 75.3 Å². The van der Waals surface area contributed by atoms with Crippen LogP contribution in [-0.2, 0) is 21.2 Å². The van der Waals surface area contributed by atoms with Gasteiger partial charge in [0, 0.05) is 23.9 Å². The summed E-state index contributed by atoms with van der Waals surface area (Å²) in [7, 11) is -3.46. The normalized spacial score (nSPS) is 16.7. The van der Waals surface area contributed by atoms with Crippen LogP contribution in [0.2, 0.25) is 0 Å². The predicted molar refractivity (Wildman–Crippen MR) is 131 cm³/mol. The van der Waals surface area contributed by atoms with Crippen LogP contribution < -0.4 is 5.32 Å². The molecule has 1 atom stereocenters. The Morgan fingerprint density at radius 2 is 1.75 bits per heavy atom. The van der Waals surface area contributed by atoms with Crippen molar-refractivity contribution in [3.63, 3.8) is 0 Å². The molecule has 1 aliphatic heterocycles. The summed E-state index contributed by atoms with van der Waals surface area (Å²) in [6.45, 7) is 2.90. The summed E-state index contributed by atoms with van der Waals surface area (Å²) in [5, 5.41) is 7.04. The lowest BCUT2D eigenvalue weighted by Crippen LogP contribution is -2.43. The number of piperidine rings is 1. The minimum Gasteiger partial charge on any atom is -0.344 e. The number of thiophene rings is 2. The van der Waals surface area contributed by atoms with Gasteiger partial charge >= 0.3 is 0 Å². The third-order valence-electron chi connectivity index (χ3n) is 5.88. The molecule has 8 heteroatoms. The van der Waals surface area contributed by atoms with Gasteiger partial charge in [0.15, 0.2) is 0 Å². The van der Waals surface area contributed by atoms with E-state index in [1.807, 2.05) is 17.5 Å². The van der Waals surface area contributed by atoms with Gasteiger partial charge in [-0.3, -0.25) is 4.79 Å². The van der Waals surface area contributed by atoms with E-state index in [0.717, 1.165) is 23.3 Å². The zero-order chi connectivity index (χ0) is 22.6. The van der Waals surface area contributed by atoms with Crippen molar-refractivity contribution >= 4 is 38.6 Å². The molecule has 1 amide bonds. The minimum atomic E-state index is -3.46. The molecule has 3 heterocycles. The second-order valence-corrected chi connectivity index (χ2v) is 12.2. The molecule has 1 N–H and O–H groups in total. The second-order valence-electron chi connectivity index (χ2n) is 8.06. The fourth-order valence-electron chi connectivity index (χ4n) is 4.10. The molecule has 5 nitrogen and oxygen atoms in total. The van der Waals surface area contributed by atoms with Crippen molar-refractivity contribution in [2.24, 2.45) is 5.92 Å². The van der Waals surface area contributed by atoms with Gasteiger partial charge in [0.25, 0.3) is 10.0 Å². The van der Waals surface area contributed by atoms with Gasteiger partial charge in [-0.05, 0) is 53.3 Å². The van der Waals surface area contributed by atoms with E-state index in [2.05, 4.69) is 36.5 Å². The Hall–Kier alpha value is -2.00. The number of aryl methyl sites for hydroxylation is 1. The number of carbonyl (C=O) groups is 1. The molecule has 1 aromatic carbocycles. The first-order valence-corrected chi connectivity index (χ1v) is 14.1. The van der Waals surface area contributed by atoms with Crippen LogP contribution in [-0.4, -0.2) is 31.7 Å². The highest BCUT2D eigenvalue weighted by molar-refractivity contribution is 7.91. The van der Waals surface area contributed by atoms with Gasteiger partial charge < -0.3 is 5.32 Å². The summed E-state index contributed by atoms with van der Waals surface area (Å²) >= 11 is 2.86. The predicted octanol–water partition coefficient (Wildman–Crippen LogP) is 5.07. The average molecular weight is 489 g/mol. The Bertz CT molecular complexity index is 1100. The highest BCUT2D eigenvalue weighted by Gasteiger charge is 2.33. The van der Waals surface area contributed by atoms with E-state index >= 15 is 0 Å². The number of rotatable bonds is 8. The third-order valence-corrected chi connectivity index (χ3v) is 10.1. The SMILES string of the molecule is CCCc1ccc(C(NC(=O)C2CCN(S(=O)(=O)c3cccs3)CC2)c2cccs2)cc1. The fourth-order valence-corrected chi connectivity index (χ4v) is 7.51. The fraction of sp³-hybridized carbons (Fsp3) is 0.375. The van der Waals surface area contributed by atoms with Crippen molar-refractivity contribution in [2.75, 3.05) is 13.1 Å². The van der Waals surface area contributed by atoms with Gasteiger partial charge in [-0.25, -0.2) is 8.42 Å². The van der Waals surface area contributed by atoms with Crippen molar-refractivity contribution in [1.29, 1.82) is 0 Å². The van der Waals surface area contributed by atoms with Crippen molar-refractivity contribution in [3.8, 4) is 0 Å². The van der Waals surface area contributed by atoms with Crippen LogP contribution in [0, 0.1) is 5.92 Å². The van der Waals surface area contributed by atoms with Crippen LogP contribution in [0.5, 0.6) is 0 Å². The molecule has 0 saturated carbocycles. The Kier molecular flexibility index (Phi) is 7.45. The molecule has 0 spiro atoms. The molecular weight excluding hydrogens is 460 g/mol. The first-order valence-electron chi connectivity index (χ1n) is 11.0. The second kappa shape index (κ2) is 10.3. The Labute approximate surface area is 198 Å². The first kappa shape index (κ1) is 23.2. The van der Waals surface area contributed by atoms with Gasteiger partial charge in [-0.15, -0.1) is 22.7 Å². The van der Waals surface area contributed by atoms with Crippen LogP contribution in [0.4, 0.5) is 0 Å². The molecule has 170 valence electrons. The van der Waals surface area contributed by atoms with Crippen LogP contribution in [0.1, 0.15) is 48.2 Å².